The van der Waals surface area contributed by atoms with Gasteiger partial charge in [0.15, 0.2) is 0 Å². The molecule has 2 N–H and O–H groups in total. The van der Waals surface area contributed by atoms with Crippen LogP contribution in [0.2, 0.25) is 0 Å². The van der Waals surface area contributed by atoms with E-state index in [9.17, 15) is 14.0 Å². The molecular formula is C23H31FN2O2S. The van der Waals surface area contributed by atoms with Gasteiger partial charge in [-0.2, -0.15) is 0 Å². The van der Waals surface area contributed by atoms with Gasteiger partial charge in [0, 0.05) is 11.7 Å². The second-order valence-electron chi connectivity index (χ2n) is 9.52. The molecule has 1 aromatic carbocycles. The van der Waals surface area contributed by atoms with E-state index in [0.717, 1.165) is 17.8 Å². The third kappa shape index (κ3) is 4.62. The van der Waals surface area contributed by atoms with Crippen molar-refractivity contribution in [1.29, 1.82) is 0 Å². The van der Waals surface area contributed by atoms with Crippen LogP contribution in [-0.4, -0.2) is 28.9 Å². The van der Waals surface area contributed by atoms with E-state index in [0.29, 0.717) is 5.69 Å². The van der Waals surface area contributed by atoms with Crippen molar-refractivity contribution in [2.24, 2.45) is 23.2 Å². The van der Waals surface area contributed by atoms with Crippen LogP contribution in [0.3, 0.4) is 0 Å². The molecule has 2 atom stereocenters. The van der Waals surface area contributed by atoms with Crippen molar-refractivity contribution >= 4 is 29.3 Å². The fraction of sp³-hybridized carbons (Fsp3) is 0.652. The lowest BCUT2D eigenvalue weighted by Gasteiger charge is -2.59. The van der Waals surface area contributed by atoms with E-state index in [-0.39, 0.29) is 40.1 Å². The highest BCUT2D eigenvalue weighted by Crippen LogP contribution is 2.61. The Morgan fingerprint density at radius 3 is 2.17 bits per heavy atom. The zero-order valence-electron chi connectivity index (χ0n) is 17.2. The minimum Gasteiger partial charge on any atom is -0.352 e. The topological polar surface area (TPSA) is 58.2 Å². The SMILES string of the molecule is C[C@H](SCC(=O)Nc1ccc(F)cc1)C(=O)N[C@H](C)C12CC3CC(CC(C3)C1)C2. The van der Waals surface area contributed by atoms with Gasteiger partial charge < -0.3 is 10.6 Å². The Morgan fingerprint density at radius 2 is 1.62 bits per heavy atom. The zero-order chi connectivity index (χ0) is 20.6. The summed E-state index contributed by atoms with van der Waals surface area (Å²) in [4.78, 5) is 24.9. The smallest absolute Gasteiger partial charge is 0.234 e. The molecule has 0 saturated heterocycles. The first-order valence-electron chi connectivity index (χ1n) is 10.8. The average molecular weight is 419 g/mol. The molecule has 4 aliphatic carbocycles. The lowest BCUT2D eigenvalue weighted by atomic mass is 9.48. The van der Waals surface area contributed by atoms with Gasteiger partial charge in [0.25, 0.3) is 0 Å². The summed E-state index contributed by atoms with van der Waals surface area (Å²) in [5.74, 6) is 2.28. The second-order valence-corrected chi connectivity index (χ2v) is 10.8. The van der Waals surface area contributed by atoms with Crippen LogP contribution in [0.4, 0.5) is 10.1 Å². The van der Waals surface area contributed by atoms with Crippen molar-refractivity contribution < 1.29 is 14.0 Å². The molecule has 6 heteroatoms. The van der Waals surface area contributed by atoms with E-state index in [1.165, 1.54) is 74.6 Å². The van der Waals surface area contributed by atoms with Crippen LogP contribution < -0.4 is 10.6 Å². The molecule has 0 heterocycles. The number of carbonyl (C=O) groups excluding carboxylic acids is 2. The van der Waals surface area contributed by atoms with Crippen molar-refractivity contribution in [3.63, 3.8) is 0 Å². The van der Waals surface area contributed by atoms with Crippen molar-refractivity contribution in [3.05, 3.63) is 30.1 Å². The number of halogens is 1. The van der Waals surface area contributed by atoms with Crippen LogP contribution in [0.15, 0.2) is 24.3 Å². The summed E-state index contributed by atoms with van der Waals surface area (Å²) >= 11 is 1.34. The monoisotopic (exact) mass is 418 g/mol. The zero-order valence-corrected chi connectivity index (χ0v) is 18.1. The molecule has 158 valence electrons. The molecule has 4 nitrogen and oxygen atoms in total. The van der Waals surface area contributed by atoms with E-state index in [1.54, 1.807) is 0 Å². The number of hydrogen-bond acceptors (Lipinski definition) is 3. The first-order valence-corrected chi connectivity index (χ1v) is 11.9. The Labute approximate surface area is 176 Å². The predicted molar refractivity (Wildman–Crippen MR) is 115 cm³/mol. The van der Waals surface area contributed by atoms with Gasteiger partial charge in [0.05, 0.1) is 11.0 Å². The summed E-state index contributed by atoms with van der Waals surface area (Å²) in [6, 6.07) is 5.87. The molecular weight excluding hydrogens is 387 g/mol. The van der Waals surface area contributed by atoms with Crippen molar-refractivity contribution in [1.82, 2.24) is 5.32 Å². The Hall–Kier alpha value is -1.56. The van der Waals surface area contributed by atoms with Crippen LogP contribution in [0.25, 0.3) is 0 Å². The maximum absolute atomic E-state index is 12.9. The third-order valence-electron chi connectivity index (χ3n) is 7.32. The molecule has 4 bridgehead atoms. The molecule has 4 aliphatic rings. The number of anilines is 1. The molecule has 4 saturated carbocycles. The van der Waals surface area contributed by atoms with E-state index >= 15 is 0 Å². The van der Waals surface area contributed by atoms with Gasteiger partial charge in [0.2, 0.25) is 11.8 Å². The Morgan fingerprint density at radius 1 is 1.07 bits per heavy atom. The van der Waals surface area contributed by atoms with E-state index in [4.69, 9.17) is 0 Å². The average Bonchev–Trinajstić information content (AvgIpc) is 2.66. The van der Waals surface area contributed by atoms with Gasteiger partial charge in [-0.15, -0.1) is 11.8 Å². The standard InChI is InChI=1S/C23H31FN2O2S/c1-14(29-13-21(27)26-20-5-3-19(24)4-6-20)22(28)25-15(2)23-10-16-7-17(11-23)9-18(8-16)12-23/h3-6,14-18H,7-13H2,1-2H3,(H,25,28)(H,26,27)/t14-,15+,16?,17?,18?,23?/m0/s1. The van der Waals surface area contributed by atoms with Gasteiger partial charge in [-0.1, -0.05) is 0 Å². The molecule has 5 rings (SSSR count). The number of carbonyl (C=O) groups is 2. The molecule has 29 heavy (non-hydrogen) atoms. The summed E-state index contributed by atoms with van der Waals surface area (Å²) < 4.78 is 12.9. The van der Waals surface area contributed by atoms with Crippen LogP contribution in [-0.2, 0) is 9.59 Å². The van der Waals surface area contributed by atoms with E-state index in [1.807, 2.05) is 6.92 Å². The van der Waals surface area contributed by atoms with Gasteiger partial charge in [-0.25, -0.2) is 4.39 Å². The summed E-state index contributed by atoms with van der Waals surface area (Å²) in [7, 11) is 0. The van der Waals surface area contributed by atoms with Gasteiger partial charge >= 0.3 is 0 Å². The number of benzene rings is 1. The fourth-order valence-electron chi connectivity index (χ4n) is 6.20. The lowest BCUT2D eigenvalue weighted by molar-refractivity contribution is -0.125. The maximum Gasteiger partial charge on any atom is 0.234 e. The molecule has 0 unspecified atom stereocenters. The molecule has 0 aromatic heterocycles. The lowest BCUT2D eigenvalue weighted by Crippen LogP contribution is -2.56. The number of hydrogen-bond donors (Lipinski definition) is 2. The molecule has 1 aromatic rings. The molecule has 0 aliphatic heterocycles. The second kappa shape index (κ2) is 8.29. The Kier molecular flexibility index (Phi) is 5.92. The number of nitrogens with one attached hydrogen (secondary N) is 2. The predicted octanol–water partition coefficient (Wildman–Crippen LogP) is 4.61. The molecule has 2 amide bonds. The molecule has 0 radical (unpaired) electrons. The highest BCUT2D eigenvalue weighted by atomic mass is 32.2. The minimum atomic E-state index is -0.337. The van der Waals surface area contributed by atoms with Crippen LogP contribution >= 0.6 is 11.8 Å². The summed E-state index contributed by atoms with van der Waals surface area (Å²) in [5, 5.41) is 5.73. The highest BCUT2D eigenvalue weighted by molar-refractivity contribution is 8.01. The van der Waals surface area contributed by atoms with Crippen LogP contribution in [0.5, 0.6) is 0 Å². The number of amides is 2. The molecule has 4 fully saturated rings. The molecule has 0 spiro atoms. The van der Waals surface area contributed by atoms with Crippen LogP contribution in [0, 0.1) is 29.0 Å². The van der Waals surface area contributed by atoms with Gasteiger partial charge in [-0.05, 0) is 99.8 Å². The first kappa shape index (κ1) is 20.7. The summed E-state index contributed by atoms with van der Waals surface area (Å²) in [6.45, 7) is 4.04. The number of thioether (sulfide) groups is 1. The summed E-state index contributed by atoms with van der Waals surface area (Å²) in [6.07, 6.45) is 7.99. The van der Waals surface area contributed by atoms with Gasteiger partial charge in [0.1, 0.15) is 5.82 Å². The van der Waals surface area contributed by atoms with Crippen molar-refractivity contribution in [3.8, 4) is 0 Å². The Bertz CT molecular complexity index is 731. The maximum atomic E-state index is 12.9. The van der Waals surface area contributed by atoms with Crippen molar-refractivity contribution in [2.45, 2.75) is 63.7 Å². The van der Waals surface area contributed by atoms with Gasteiger partial charge in [-0.3, -0.25) is 9.59 Å². The quantitative estimate of drug-likeness (QED) is 0.680. The highest BCUT2D eigenvalue weighted by Gasteiger charge is 2.53. The van der Waals surface area contributed by atoms with Crippen LogP contribution in [0.1, 0.15) is 52.4 Å². The fourth-order valence-corrected chi connectivity index (χ4v) is 6.89. The van der Waals surface area contributed by atoms with E-state index in [2.05, 4.69) is 17.6 Å². The van der Waals surface area contributed by atoms with Crippen molar-refractivity contribution in [2.75, 3.05) is 11.1 Å². The van der Waals surface area contributed by atoms with E-state index < -0.39 is 0 Å². The Balaban J connectivity index is 1.25. The largest absolute Gasteiger partial charge is 0.352 e. The number of rotatable bonds is 7. The minimum absolute atomic E-state index is 0.0211. The first-order chi connectivity index (χ1) is 13.8. The third-order valence-corrected chi connectivity index (χ3v) is 8.47. The normalized spacial score (nSPS) is 31.9. The summed E-state index contributed by atoms with van der Waals surface area (Å²) in [5.41, 5.74) is 0.846.